The monoisotopic (exact) mass is 225 g/mol. The Balaban J connectivity index is 3.06. The number of aryl methyl sites for hydroxylation is 1. The van der Waals surface area contributed by atoms with E-state index in [2.05, 4.69) is 38.9 Å². The molecule has 15 heavy (non-hydrogen) atoms. The molecule has 0 saturated heterocycles. The van der Waals surface area contributed by atoms with Crippen molar-refractivity contribution in [3.8, 4) is 0 Å². The topological polar surface area (TPSA) is 43.8 Å². The van der Waals surface area contributed by atoms with E-state index in [9.17, 15) is 0 Å². The summed E-state index contributed by atoms with van der Waals surface area (Å²) < 4.78 is 1.97. The van der Waals surface area contributed by atoms with Crippen molar-refractivity contribution < 1.29 is 0 Å². The fourth-order valence-electron chi connectivity index (χ4n) is 1.42. The zero-order chi connectivity index (χ0) is 11.6. The maximum absolute atomic E-state index is 5.56. The Morgan fingerprint density at radius 2 is 2.13 bits per heavy atom. The Bertz CT molecular complexity index is 360. The fraction of sp³-hybridized carbons (Fsp3) is 0.636. The predicted molar refractivity (Wildman–Crippen MR) is 67.1 cm³/mol. The number of nitrogens with zero attached hydrogens (tertiary/aromatic N) is 2. The Labute approximate surface area is 96.7 Å². The van der Waals surface area contributed by atoms with Gasteiger partial charge in [-0.3, -0.25) is 4.68 Å². The van der Waals surface area contributed by atoms with Gasteiger partial charge >= 0.3 is 0 Å². The molecule has 0 bridgehead atoms. The van der Waals surface area contributed by atoms with Crippen LogP contribution in [0.5, 0.6) is 0 Å². The van der Waals surface area contributed by atoms with Crippen molar-refractivity contribution in [3.05, 3.63) is 17.5 Å². The van der Waals surface area contributed by atoms with Gasteiger partial charge in [-0.15, -0.1) is 0 Å². The average Bonchev–Trinajstić information content (AvgIpc) is 2.45. The van der Waals surface area contributed by atoms with Crippen molar-refractivity contribution in [1.82, 2.24) is 9.78 Å². The van der Waals surface area contributed by atoms with Gasteiger partial charge in [0, 0.05) is 24.1 Å². The molecular weight excluding hydrogens is 206 g/mol. The molecule has 0 aliphatic rings. The van der Waals surface area contributed by atoms with Crippen LogP contribution in [0, 0.1) is 0 Å². The summed E-state index contributed by atoms with van der Waals surface area (Å²) in [5.74, 6) is 0. The van der Waals surface area contributed by atoms with E-state index in [1.165, 1.54) is 0 Å². The highest BCUT2D eigenvalue weighted by Gasteiger charge is 2.19. The van der Waals surface area contributed by atoms with Crippen molar-refractivity contribution >= 4 is 17.2 Å². The lowest BCUT2D eigenvalue weighted by Gasteiger charge is -2.14. The zero-order valence-electron chi connectivity index (χ0n) is 9.87. The Morgan fingerprint density at radius 1 is 1.53 bits per heavy atom. The minimum Gasteiger partial charge on any atom is -0.393 e. The molecule has 0 spiro atoms. The highest BCUT2D eigenvalue weighted by molar-refractivity contribution is 7.80. The van der Waals surface area contributed by atoms with E-state index in [0.717, 1.165) is 17.9 Å². The number of thiocarbonyl (C=S) groups is 1. The standard InChI is InChI=1S/C11H19N3S/c1-5-14-8(7-10(12)15)6-9(13-14)11(2,3)4/h6H,5,7H2,1-4H3,(H2,12,15). The largest absolute Gasteiger partial charge is 0.393 e. The van der Waals surface area contributed by atoms with Crippen LogP contribution in [-0.2, 0) is 18.4 Å². The fourth-order valence-corrected chi connectivity index (χ4v) is 1.56. The van der Waals surface area contributed by atoms with Crippen LogP contribution < -0.4 is 5.73 Å². The van der Waals surface area contributed by atoms with Gasteiger partial charge in [-0.1, -0.05) is 33.0 Å². The third-order valence-electron chi connectivity index (χ3n) is 2.29. The normalized spacial score (nSPS) is 11.7. The molecule has 1 heterocycles. The maximum atomic E-state index is 5.56. The third kappa shape index (κ3) is 3.02. The van der Waals surface area contributed by atoms with Gasteiger partial charge in [-0.05, 0) is 13.0 Å². The van der Waals surface area contributed by atoms with E-state index < -0.39 is 0 Å². The molecule has 0 fully saturated rings. The summed E-state index contributed by atoms with van der Waals surface area (Å²) in [6.45, 7) is 9.39. The van der Waals surface area contributed by atoms with Crippen LogP contribution in [0.4, 0.5) is 0 Å². The van der Waals surface area contributed by atoms with Crippen LogP contribution in [0.25, 0.3) is 0 Å². The molecule has 2 N–H and O–H groups in total. The van der Waals surface area contributed by atoms with Gasteiger partial charge in [-0.25, -0.2) is 0 Å². The molecule has 0 aromatic carbocycles. The van der Waals surface area contributed by atoms with Gasteiger partial charge < -0.3 is 5.73 Å². The first-order valence-corrected chi connectivity index (χ1v) is 5.61. The van der Waals surface area contributed by atoms with E-state index in [1.54, 1.807) is 0 Å². The SMILES string of the molecule is CCn1nc(C(C)(C)C)cc1CC(N)=S. The second-order valence-electron chi connectivity index (χ2n) is 4.73. The van der Waals surface area contributed by atoms with Crippen LogP contribution in [0.1, 0.15) is 39.1 Å². The molecule has 0 aliphatic heterocycles. The third-order valence-corrected chi connectivity index (χ3v) is 2.43. The van der Waals surface area contributed by atoms with Gasteiger partial charge in [0.1, 0.15) is 0 Å². The summed E-state index contributed by atoms with van der Waals surface area (Å²) in [5, 5.41) is 4.55. The molecule has 0 saturated carbocycles. The predicted octanol–water partition coefficient (Wildman–Crippen LogP) is 2.03. The Hall–Kier alpha value is -0.900. The molecule has 1 aromatic rings. The lowest BCUT2D eigenvalue weighted by atomic mass is 9.92. The summed E-state index contributed by atoms with van der Waals surface area (Å²) in [5.41, 5.74) is 7.83. The van der Waals surface area contributed by atoms with Crippen molar-refractivity contribution in [2.75, 3.05) is 0 Å². The van der Waals surface area contributed by atoms with Crippen molar-refractivity contribution in [2.45, 2.75) is 46.1 Å². The minimum atomic E-state index is 0.0748. The van der Waals surface area contributed by atoms with Crippen LogP contribution in [0.2, 0.25) is 0 Å². The van der Waals surface area contributed by atoms with Gasteiger partial charge in [-0.2, -0.15) is 5.10 Å². The summed E-state index contributed by atoms with van der Waals surface area (Å²) in [7, 11) is 0. The molecule has 84 valence electrons. The molecular formula is C11H19N3S. The minimum absolute atomic E-state index is 0.0748. The molecule has 3 nitrogen and oxygen atoms in total. The number of aromatic nitrogens is 2. The highest BCUT2D eigenvalue weighted by Crippen LogP contribution is 2.21. The van der Waals surface area contributed by atoms with Crippen LogP contribution >= 0.6 is 12.2 Å². The Morgan fingerprint density at radius 3 is 2.53 bits per heavy atom. The van der Waals surface area contributed by atoms with Crippen molar-refractivity contribution in [2.24, 2.45) is 5.73 Å². The van der Waals surface area contributed by atoms with E-state index >= 15 is 0 Å². The van der Waals surface area contributed by atoms with Gasteiger partial charge in [0.15, 0.2) is 0 Å². The van der Waals surface area contributed by atoms with Crippen LogP contribution in [0.15, 0.2) is 6.07 Å². The van der Waals surface area contributed by atoms with Crippen molar-refractivity contribution in [1.29, 1.82) is 0 Å². The van der Waals surface area contributed by atoms with E-state index in [1.807, 2.05) is 4.68 Å². The number of rotatable bonds is 3. The summed E-state index contributed by atoms with van der Waals surface area (Å²) in [4.78, 5) is 0.519. The maximum Gasteiger partial charge on any atom is 0.0787 e. The smallest absolute Gasteiger partial charge is 0.0787 e. The van der Waals surface area contributed by atoms with E-state index in [4.69, 9.17) is 18.0 Å². The molecule has 0 unspecified atom stereocenters. The Kier molecular flexibility index (Phi) is 3.50. The van der Waals surface area contributed by atoms with E-state index in [0.29, 0.717) is 11.4 Å². The molecule has 4 heteroatoms. The molecule has 0 amide bonds. The van der Waals surface area contributed by atoms with Crippen LogP contribution in [0.3, 0.4) is 0 Å². The number of hydrogen-bond acceptors (Lipinski definition) is 2. The molecule has 0 radical (unpaired) electrons. The molecule has 0 aliphatic carbocycles. The van der Waals surface area contributed by atoms with Crippen LogP contribution in [-0.4, -0.2) is 14.8 Å². The molecule has 0 atom stereocenters. The van der Waals surface area contributed by atoms with Gasteiger partial charge in [0.05, 0.1) is 10.7 Å². The first-order valence-electron chi connectivity index (χ1n) is 5.20. The lowest BCUT2D eigenvalue weighted by molar-refractivity contribution is 0.537. The second-order valence-corrected chi connectivity index (χ2v) is 5.25. The first-order chi connectivity index (χ1) is 6.84. The highest BCUT2D eigenvalue weighted by atomic mass is 32.1. The quantitative estimate of drug-likeness (QED) is 0.800. The zero-order valence-corrected chi connectivity index (χ0v) is 10.7. The summed E-state index contributed by atoms with van der Waals surface area (Å²) >= 11 is 4.92. The molecule has 1 rings (SSSR count). The average molecular weight is 225 g/mol. The lowest BCUT2D eigenvalue weighted by Crippen LogP contribution is -2.15. The summed E-state index contributed by atoms with van der Waals surface area (Å²) in [6.07, 6.45) is 0.631. The van der Waals surface area contributed by atoms with Crippen molar-refractivity contribution in [3.63, 3.8) is 0 Å². The second kappa shape index (κ2) is 4.31. The number of nitrogens with two attached hydrogens (primary N) is 1. The first kappa shape index (κ1) is 12.2. The summed E-state index contributed by atoms with van der Waals surface area (Å²) in [6, 6.07) is 2.10. The van der Waals surface area contributed by atoms with Gasteiger partial charge in [0.2, 0.25) is 0 Å². The van der Waals surface area contributed by atoms with Gasteiger partial charge in [0.25, 0.3) is 0 Å². The number of hydrogen-bond donors (Lipinski definition) is 1. The van der Waals surface area contributed by atoms with E-state index in [-0.39, 0.29) is 5.41 Å². The molecule has 1 aromatic heterocycles.